The van der Waals surface area contributed by atoms with E-state index in [1.807, 2.05) is 66.9 Å². The van der Waals surface area contributed by atoms with Crippen molar-refractivity contribution in [2.24, 2.45) is 0 Å². The van der Waals surface area contributed by atoms with E-state index >= 15 is 0 Å². The number of nitrogens with one attached hydrogen (secondary N) is 1. The first-order valence-corrected chi connectivity index (χ1v) is 11.2. The third-order valence-corrected chi connectivity index (χ3v) is 6.60. The lowest BCUT2D eigenvalue weighted by molar-refractivity contribution is -0.120. The number of ether oxygens (including phenoxy) is 1. The maximum atomic E-state index is 12.7. The van der Waals surface area contributed by atoms with Gasteiger partial charge in [0.1, 0.15) is 5.75 Å². The highest BCUT2D eigenvalue weighted by Crippen LogP contribution is 2.32. The second kappa shape index (κ2) is 9.00. The Morgan fingerprint density at radius 2 is 1.97 bits per heavy atom. The fourth-order valence-electron chi connectivity index (χ4n) is 3.52. The second-order valence-electron chi connectivity index (χ2n) is 7.90. The number of benzene rings is 2. The van der Waals surface area contributed by atoms with Gasteiger partial charge in [-0.1, -0.05) is 41.2 Å². The molecule has 0 aliphatic heterocycles. The summed E-state index contributed by atoms with van der Waals surface area (Å²) in [6.07, 6.45) is 0. The minimum Gasteiger partial charge on any atom is -0.497 e. The van der Waals surface area contributed by atoms with Gasteiger partial charge >= 0.3 is 0 Å². The normalized spacial score (nSPS) is 12.0. The fourth-order valence-corrected chi connectivity index (χ4v) is 4.46. The highest BCUT2D eigenvalue weighted by Gasteiger charge is 2.19. The molecule has 1 atom stereocenters. The first-order valence-electron chi connectivity index (χ1n) is 10.4. The van der Waals surface area contributed by atoms with Crippen molar-refractivity contribution in [2.75, 3.05) is 25.6 Å². The molecule has 4 aromatic rings. The number of likely N-dealkylation sites (N-methyl/N-ethyl adjacent to an activating group) is 1. The highest BCUT2D eigenvalue weighted by atomic mass is 32.1. The number of carbonyl (C=O) groups is 1. The van der Waals surface area contributed by atoms with Crippen molar-refractivity contribution in [2.45, 2.75) is 26.8 Å². The summed E-state index contributed by atoms with van der Waals surface area (Å²) in [6.45, 7) is 6.21. The molecule has 0 radical (unpaired) electrons. The van der Waals surface area contributed by atoms with Gasteiger partial charge in [-0.2, -0.15) is 10.1 Å². The lowest BCUT2D eigenvalue weighted by Crippen LogP contribution is -2.36. The Kier molecular flexibility index (Phi) is 6.14. The van der Waals surface area contributed by atoms with Crippen molar-refractivity contribution in [1.29, 1.82) is 0 Å². The zero-order valence-electron chi connectivity index (χ0n) is 18.9. The molecule has 7 nitrogen and oxygen atoms in total. The van der Waals surface area contributed by atoms with Crippen molar-refractivity contribution in [3.63, 3.8) is 0 Å². The van der Waals surface area contributed by atoms with Crippen LogP contribution in [0.25, 0.3) is 16.0 Å². The van der Waals surface area contributed by atoms with Crippen molar-refractivity contribution in [3.8, 4) is 11.4 Å². The fraction of sp³-hybridized carbons (Fsp3) is 0.292. The third kappa shape index (κ3) is 4.45. The number of hydrogen-bond acceptors (Lipinski definition) is 6. The molecule has 166 valence electrons. The van der Waals surface area contributed by atoms with Crippen LogP contribution in [0, 0.1) is 13.8 Å². The van der Waals surface area contributed by atoms with E-state index in [9.17, 15) is 4.79 Å². The average Bonchev–Trinajstić information content (AvgIpc) is 3.35. The van der Waals surface area contributed by atoms with Crippen LogP contribution in [-0.4, -0.2) is 41.4 Å². The molecule has 0 bridgehead atoms. The van der Waals surface area contributed by atoms with Crippen LogP contribution < -0.4 is 15.0 Å². The Morgan fingerprint density at radius 3 is 2.69 bits per heavy atom. The molecule has 0 saturated carbocycles. The summed E-state index contributed by atoms with van der Waals surface area (Å²) >= 11 is 1.55. The molecule has 0 aliphatic carbocycles. The second-order valence-corrected chi connectivity index (χ2v) is 8.88. The van der Waals surface area contributed by atoms with Gasteiger partial charge in [0.25, 0.3) is 0 Å². The zero-order chi connectivity index (χ0) is 22.8. The molecule has 32 heavy (non-hydrogen) atoms. The van der Waals surface area contributed by atoms with Gasteiger partial charge in [0.05, 0.1) is 35.8 Å². The predicted octanol–water partition coefficient (Wildman–Crippen LogP) is 4.42. The van der Waals surface area contributed by atoms with E-state index in [0.29, 0.717) is 0 Å². The predicted molar refractivity (Wildman–Crippen MR) is 129 cm³/mol. The number of thiazole rings is 1. The molecule has 0 unspecified atom stereocenters. The third-order valence-electron chi connectivity index (χ3n) is 5.33. The van der Waals surface area contributed by atoms with E-state index in [2.05, 4.69) is 29.5 Å². The maximum absolute atomic E-state index is 12.7. The Hall–Kier alpha value is -3.39. The van der Waals surface area contributed by atoms with Gasteiger partial charge in [-0.25, -0.2) is 4.68 Å². The summed E-state index contributed by atoms with van der Waals surface area (Å²) in [5.74, 6) is 0.701. The number of anilines is 1. The smallest absolute Gasteiger partial charge is 0.240 e. The number of aryl methyl sites for hydroxylation is 2. The van der Waals surface area contributed by atoms with E-state index in [-0.39, 0.29) is 18.5 Å². The molecule has 0 fully saturated rings. The number of rotatable bonds is 7. The molecule has 4 rings (SSSR count). The first kappa shape index (κ1) is 21.8. The Balaban J connectivity index is 1.48. The van der Waals surface area contributed by atoms with Crippen molar-refractivity contribution < 1.29 is 9.53 Å². The van der Waals surface area contributed by atoms with E-state index in [4.69, 9.17) is 9.72 Å². The SMILES string of the molecule is COc1cccc([C@H](C)NC(=O)CN(C)c2nc3c(s2)c(C)nn3-c2ccc(C)cc2)c1. The Bertz CT molecular complexity index is 1250. The van der Waals surface area contributed by atoms with E-state index in [0.717, 1.165) is 38.2 Å². The molecule has 2 heterocycles. The molecule has 0 spiro atoms. The van der Waals surface area contributed by atoms with Crippen LogP contribution in [0.5, 0.6) is 5.75 Å². The van der Waals surface area contributed by atoms with Gasteiger partial charge < -0.3 is 15.0 Å². The lowest BCUT2D eigenvalue weighted by Gasteiger charge is -2.19. The van der Waals surface area contributed by atoms with Crippen LogP contribution >= 0.6 is 11.3 Å². The van der Waals surface area contributed by atoms with Crippen molar-refractivity contribution in [1.82, 2.24) is 20.1 Å². The zero-order valence-corrected chi connectivity index (χ0v) is 19.7. The summed E-state index contributed by atoms with van der Waals surface area (Å²) in [4.78, 5) is 19.3. The lowest BCUT2D eigenvalue weighted by atomic mass is 10.1. The molecule has 0 saturated heterocycles. The molecular weight excluding hydrogens is 422 g/mol. The van der Waals surface area contributed by atoms with Gasteiger partial charge in [-0.15, -0.1) is 0 Å². The Labute approximate surface area is 191 Å². The van der Waals surface area contributed by atoms with Gasteiger partial charge in [0.2, 0.25) is 5.91 Å². The summed E-state index contributed by atoms with van der Waals surface area (Å²) in [5.41, 5.74) is 4.89. The minimum absolute atomic E-state index is 0.0704. The summed E-state index contributed by atoms with van der Waals surface area (Å²) in [5, 5.41) is 8.49. The van der Waals surface area contributed by atoms with Crippen LogP contribution in [0.15, 0.2) is 48.5 Å². The number of carbonyl (C=O) groups excluding carboxylic acids is 1. The monoisotopic (exact) mass is 449 g/mol. The molecule has 2 aromatic carbocycles. The van der Waals surface area contributed by atoms with Crippen LogP contribution in [-0.2, 0) is 4.79 Å². The van der Waals surface area contributed by atoms with E-state index in [1.165, 1.54) is 5.56 Å². The molecule has 0 aliphatic rings. The summed E-state index contributed by atoms with van der Waals surface area (Å²) in [7, 11) is 3.52. The van der Waals surface area contributed by atoms with Crippen molar-refractivity contribution in [3.05, 3.63) is 65.4 Å². The number of amides is 1. The van der Waals surface area contributed by atoms with Crippen LogP contribution in [0.4, 0.5) is 5.13 Å². The number of aromatic nitrogens is 3. The average molecular weight is 450 g/mol. The van der Waals surface area contributed by atoms with Gasteiger partial charge in [0.15, 0.2) is 10.8 Å². The number of fused-ring (bicyclic) bond motifs is 1. The van der Waals surface area contributed by atoms with Gasteiger partial charge in [-0.05, 0) is 50.6 Å². The molecule has 8 heteroatoms. The van der Waals surface area contributed by atoms with Crippen LogP contribution in [0.1, 0.15) is 29.8 Å². The number of methoxy groups -OCH3 is 1. The van der Waals surface area contributed by atoms with Crippen LogP contribution in [0.2, 0.25) is 0 Å². The Morgan fingerprint density at radius 1 is 1.22 bits per heavy atom. The highest BCUT2D eigenvalue weighted by molar-refractivity contribution is 7.22. The molecule has 1 N–H and O–H groups in total. The van der Waals surface area contributed by atoms with Gasteiger partial charge in [-0.3, -0.25) is 4.79 Å². The van der Waals surface area contributed by atoms with Gasteiger partial charge in [0, 0.05) is 7.05 Å². The van der Waals surface area contributed by atoms with Crippen molar-refractivity contribution >= 4 is 32.7 Å². The quantitative estimate of drug-likeness (QED) is 0.452. The van der Waals surface area contributed by atoms with E-state index in [1.54, 1.807) is 18.4 Å². The minimum atomic E-state index is -0.126. The first-order chi connectivity index (χ1) is 15.4. The summed E-state index contributed by atoms with van der Waals surface area (Å²) < 4.78 is 8.17. The number of nitrogens with zero attached hydrogens (tertiary/aromatic N) is 4. The molecule has 2 aromatic heterocycles. The summed E-state index contributed by atoms with van der Waals surface area (Å²) in [6, 6.07) is 15.8. The molecule has 1 amide bonds. The topological polar surface area (TPSA) is 72.3 Å². The maximum Gasteiger partial charge on any atom is 0.240 e. The number of hydrogen-bond donors (Lipinski definition) is 1. The standard InChI is InChI=1S/C24H27N5O2S/c1-15-9-11-19(12-10-15)29-23-22(17(3)27-29)32-24(26-23)28(4)14-21(30)25-16(2)18-7-6-8-20(13-18)31-5/h6-13,16H,14H2,1-5H3,(H,25,30)/t16-/m0/s1. The molecular formula is C24H27N5O2S. The largest absolute Gasteiger partial charge is 0.497 e. The van der Waals surface area contributed by atoms with E-state index < -0.39 is 0 Å². The van der Waals surface area contributed by atoms with Crippen LogP contribution in [0.3, 0.4) is 0 Å².